The zero-order chi connectivity index (χ0) is 45.3. The van der Waals surface area contributed by atoms with Crippen molar-refractivity contribution in [2.24, 2.45) is 27.8 Å². The Labute approximate surface area is 363 Å². The number of hydrogen-bond donors (Lipinski definition) is 2. The van der Waals surface area contributed by atoms with Crippen LogP contribution in [0.15, 0.2) is 24.3 Å². The number of nitrogens with zero attached hydrogens (tertiary/aromatic N) is 2. The number of carbonyl (C=O) groups is 4. The van der Waals surface area contributed by atoms with E-state index in [0.717, 1.165) is 12.8 Å². The van der Waals surface area contributed by atoms with E-state index in [1.807, 2.05) is 34.6 Å². The maximum Gasteiger partial charge on any atom is 0.362 e. The van der Waals surface area contributed by atoms with E-state index in [1.165, 1.54) is 4.90 Å². The van der Waals surface area contributed by atoms with Crippen LogP contribution in [0.2, 0.25) is 5.02 Å². The van der Waals surface area contributed by atoms with Gasteiger partial charge in [-0.05, 0) is 83.3 Å². The number of nitrogens with one attached hydrogen (secondary N) is 1. The molecule has 2 heterocycles. The molecule has 3 N–H and O–H groups in total. The molecule has 4 aliphatic rings. The third kappa shape index (κ3) is 13.4. The molecule has 1 saturated heterocycles. The topological polar surface area (TPSA) is 237 Å². The summed E-state index contributed by atoms with van der Waals surface area (Å²) in [6, 6.07) is 5.89. The minimum Gasteiger partial charge on any atom is -0.488 e. The molecule has 340 valence electrons. The molecule has 6 rings (SSSR count). The Kier molecular flexibility index (Phi) is 14.8. The smallest absolute Gasteiger partial charge is 0.362 e. The van der Waals surface area contributed by atoms with Gasteiger partial charge in [0, 0.05) is 24.3 Å². The first kappa shape index (κ1) is 48.4. The first-order valence-electron chi connectivity index (χ1n) is 20.6. The Morgan fingerprint density at radius 3 is 2.15 bits per heavy atom. The van der Waals surface area contributed by atoms with Crippen LogP contribution in [0.3, 0.4) is 0 Å². The molecule has 0 unspecified atom stereocenters. The molecule has 5 atom stereocenters. The second kappa shape index (κ2) is 18.6. The van der Waals surface area contributed by atoms with Gasteiger partial charge in [-0.2, -0.15) is 16.8 Å². The second-order valence-corrected chi connectivity index (χ2v) is 21.2. The molecule has 1 aromatic carbocycles. The summed E-state index contributed by atoms with van der Waals surface area (Å²) >= 11 is 6.50. The first-order valence-corrected chi connectivity index (χ1v) is 23.9. The minimum absolute atomic E-state index is 0.00446. The summed E-state index contributed by atoms with van der Waals surface area (Å²) in [6.07, 6.45) is 1.99. The molecule has 61 heavy (non-hydrogen) atoms. The number of nitrogens with two attached hydrogens (primary N) is 1. The van der Waals surface area contributed by atoms with Gasteiger partial charge in [-0.15, -0.1) is 0 Å². The Balaban J connectivity index is 0.000000788. The Morgan fingerprint density at radius 1 is 0.984 bits per heavy atom. The lowest BCUT2D eigenvalue weighted by Crippen LogP contribution is -2.48. The molecule has 2 aromatic rings. The van der Waals surface area contributed by atoms with Gasteiger partial charge in [0.15, 0.2) is 5.78 Å². The highest BCUT2D eigenvalue weighted by Gasteiger charge is 2.61. The number of likely N-dealkylation sites (tertiary alicyclic amines) is 1. The highest BCUT2D eigenvalue weighted by molar-refractivity contribution is 7.85. The number of Topliss-reactive ketones (excluding diaryl/α,β-unsaturated/α-hetero) is 1. The SMILES string of the molecule is CCOc1cc(O[C@@H]2C[C@@H](C(=O)C[C@]3(C(=O)NS(=O)(=O)OC4CC4)C[C@H]3CC)N(C(=O)[C@@H](CC(=O)OC(C)(C)C)C(C)(C)C)C2)c2cccc(Cl)c2n1.NS(=O)(=O)OC1CC1. The van der Waals surface area contributed by atoms with Crippen molar-refractivity contribution >= 4 is 66.7 Å². The van der Waals surface area contributed by atoms with Crippen LogP contribution >= 0.6 is 11.6 Å². The summed E-state index contributed by atoms with van der Waals surface area (Å²) in [5, 5.41) is 5.53. The third-order valence-corrected chi connectivity index (χ3v) is 12.6. The van der Waals surface area contributed by atoms with Crippen molar-refractivity contribution < 1.29 is 58.6 Å². The quantitative estimate of drug-likeness (QED) is 0.191. The largest absolute Gasteiger partial charge is 0.488 e. The maximum atomic E-state index is 14.6. The van der Waals surface area contributed by atoms with Gasteiger partial charge in [-0.3, -0.25) is 27.5 Å². The fraction of sp³-hybridized carbons (Fsp3) is 0.683. The van der Waals surface area contributed by atoms with Crippen molar-refractivity contribution in [3.63, 3.8) is 0 Å². The van der Waals surface area contributed by atoms with E-state index >= 15 is 0 Å². The first-order chi connectivity index (χ1) is 28.2. The van der Waals surface area contributed by atoms with Gasteiger partial charge in [-0.1, -0.05) is 51.8 Å². The van der Waals surface area contributed by atoms with E-state index in [2.05, 4.69) is 19.0 Å². The Hall–Kier alpha value is -3.62. The number of fused-ring (bicyclic) bond motifs is 1. The zero-order valence-electron chi connectivity index (χ0n) is 36.0. The summed E-state index contributed by atoms with van der Waals surface area (Å²) in [6.45, 7) is 14.8. The number of ketones is 1. The van der Waals surface area contributed by atoms with Crippen molar-refractivity contribution in [2.75, 3.05) is 13.2 Å². The molecule has 3 aliphatic carbocycles. The predicted octanol–water partition coefficient (Wildman–Crippen LogP) is 5.31. The highest BCUT2D eigenvalue weighted by Crippen LogP contribution is 2.58. The normalized spacial score (nSPS) is 23.4. The van der Waals surface area contributed by atoms with Crippen molar-refractivity contribution in [1.29, 1.82) is 0 Å². The highest BCUT2D eigenvalue weighted by atomic mass is 35.5. The van der Waals surface area contributed by atoms with Crippen molar-refractivity contribution in [1.82, 2.24) is 14.6 Å². The van der Waals surface area contributed by atoms with Gasteiger partial charge >= 0.3 is 26.6 Å². The maximum absolute atomic E-state index is 14.6. The Morgan fingerprint density at radius 2 is 1.62 bits per heavy atom. The van der Waals surface area contributed by atoms with Gasteiger partial charge in [0.25, 0.3) is 0 Å². The molecule has 17 nitrogen and oxygen atoms in total. The molecule has 1 aliphatic heterocycles. The minimum atomic E-state index is -4.36. The molecule has 0 bridgehead atoms. The number of carbonyl (C=O) groups excluding carboxylic acids is 4. The van der Waals surface area contributed by atoms with Gasteiger partial charge in [0.2, 0.25) is 17.7 Å². The summed E-state index contributed by atoms with van der Waals surface area (Å²) in [4.78, 5) is 61.8. The van der Waals surface area contributed by atoms with E-state index < -0.39 is 84.8 Å². The van der Waals surface area contributed by atoms with Crippen LogP contribution in [0.25, 0.3) is 10.9 Å². The molecule has 20 heteroatoms. The molecule has 4 fully saturated rings. The number of esters is 1. The van der Waals surface area contributed by atoms with Crippen LogP contribution in [-0.4, -0.2) is 93.4 Å². The average molecular weight is 916 g/mol. The van der Waals surface area contributed by atoms with Gasteiger partial charge in [-0.25, -0.2) is 14.8 Å². The number of rotatable bonds is 17. The van der Waals surface area contributed by atoms with Crippen molar-refractivity contribution in [3.05, 3.63) is 29.3 Å². The predicted molar refractivity (Wildman–Crippen MR) is 225 cm³/mol. The standard InChI is InChI=1S/C38H52ClN3O10S.C3H7NO3S/c1-9-22-19-38(22,35(46)41-53(47,48)52-23-14-15-23)20-29(43)28-16-24(50-30-18-31(49-10-2)40-33-25(30)12-11-13-27(33)39)21-42(28)34(45)26(36(3,4)5)17-32(44)51-37(6,7)8;4-8(5,6)7-3-1-2-3/h11-13,18,22-24,26,28H,9-10,14-17,19-21H2,1-8H3,(H,41,46);3H,1-2H2,(H2,4,5,6)/t22-,24-,26-,28+,38-;/m1./s1. The van der Waals surface area contributed by atoms with Crippen molar-refractivity contribution in [2.45, 2.75) is 143 Å². The summed E-state index contributed by atoms with van der Waals surface area (Å²) in [7, 11) is -8.02. The van der Waals surface area contributed by atoms with Crippen LogP contribution in [0, 0.1) is 22.7 Å². The summed E-state index contributed by atoms with van der Waals surface area (Å²) in [5.74, 6) is -2.56. The molecular weight excluding hydrogens is 856 g/mol. The number of hydrogen-bond acceptors (Lipinski definition) is 14. The fourth-order valence-corrected chi connectivity index (χ4v) is 9.28. The lowest BCUT2D eigenvalue weighted by Gasteiger charge is -2.35. The number of para-hydroxylation sites is 1. The average Bonchev–Trinajstić information content (AvgIpc) is 4.07. The summed E-state index contributed by atoms with van der Waals surface area (Å²) < 4.78 is 74.5. The lowest BCUT2D eigenvalue weighted by atomic mass is 9.77. The van der Waals surface area contributed by atoms with E-state index in [0.29, 0.717) is 59.8 Å². The fourth-order valence-electron chi connectivity index (χ4n) is 7.46. The molecule has 2 amide bonds. The van der Waals surface area contributed by atoms with Crippen LogP contribution in [0.5, 0.6) is 11.6 Å². The van der Waals surface area contributed by atoms with Gasteiger partial charge in [0.1, 0.15) is 17.5 Å². The van der Waals surface area contributed by atoms with Crippen LogP contribution < -0.4 is 19.3 Å². The van der Waals surface area contributed by atoms with E-state index in [4.69, 9.17) is 30.0 Å². The van der Waals surface area contributed by atoms with Crippen molar-refractivity contribution in [3.8, 4) is 11.6 Å². The summed E-state index contributed by atoms with van der Waals surface area (Å²) in [5.41, 5.74) is -2.28. The molecule has 3 saturated carbocycles. The number of pyridine rings is 1. The molecule has 1 aromatic heterocycles. The zero-order valence-corrected chi connectivity index (χ0v) is 38.4. The number of halogens is 1. The second-order valence-electron chi connectivity index (χ2n) is 18.3. The number of aromatic nitrogens is 1. The van der Waals surface area contributed by atoms with Crippen LogP contribution in [0.4, 0.5) is 0 Å². The van der Waals surface area contributed by atoms with Gasteiger partial charge in [0.05, 0.1) is 59.7 Å². The van der Waals surface area contributed by atoms with E-state index in [9.17, 15) is 36.0 Å². The third-order valence-electron chi connectivity index (χ3n) is 10.8. The van der Waals surface area contributed by atoms with Crippen LogP contribution in [0.1, 0.15) is 113 Å². The molecule has 0 radical (unpaired) electrons. The monoisotopic (exact) mass is 914 g/mol. The number of ether oxygens (including phenoxy) is 3. The number of amides is 2. The van der Waals surface area contributed by atoms with Crippen LogP contribution in [-0.2, 0) is 52.9 Å². The molecular formula is C41H59ClN4O13S2. The number of benzene rings is 1. The van der Waals surface area contributed by atoms with E-state index in [1.54, 1.807) is 45.0 Å². The van der Waals surface area contributed by atoms with E-state index in [-0.39, 0.29) is 37.8 Å². The molecule has 0 spiro atoms. The lowest BCUT2D eigenvalue weighted by molar-refractivity contribution is -0.161. The van der Waals surface area contributed by atoms with Gasteiger partial charge < -0.3 is 19.1 Å². The Bertz CT molecular complexity index is 2200.